The molecule has 0 bridgehead atoms. The first-order chi connectivity index (χ1) is 10.3. The molecule has 0 radical (unpaired) electrons. The zero-order valence-electron chi connectivity index (χ0n) is 11.7. The minimum absolute atomic E-state index is 0.0863. The van der Waals surface area contributed by atoms with Crippen molar-refractivity contribution >= 4 is 16.8 Å². The fourth-order valence-electron chi connectivity index (χ4n) is 2.33. The summed E-state index contributed by atoms with van der Waals surface area (Å²) in [7, 11) is 0. The van der Waals surface area contributed by atoms with Gasteiger partial charge in [0.25, 0.3) is 5.91 Å². The third-order valence-corrected chi connectivity index (χ3v) is 3.44. The molecule has 1 amide bonds. The standard InChI is InChI=1S/C14H16N6O/c1-9-10-5-2-3-6-11(10)16-13(9)14(21)15-8-4-7-12-17-19-20-18-12/h2-3,5-6,16H,4,7-8H2,1H3,(H,15,21)(H,17,18,19,20). The summed E-state index contributed by atoms with van der Waals surface area (Å²) in [5, 5.41) is 17.6. The average molecular weight is 284 g/mol. The van der Waals surface area contributed by atoms with Crippen LogP contribution in [0.15, 0.2) is 24.3 Å². The van der Waals surface area contributed by atoms with Crippen LogP contribution in [0.4, 0.5) is 0 Å². The Labute approximate surface area is 121 Å². The van der Waals surface area contributed by atoms with Crippen LogP contribution in [0.5, 0.6) is 0 Å². The monoisotopic (exact) mass is 284 g/mol. The van der Waals surface area contributed by atoms with E-state index in [0.717, 1.165) is 22.9 Å². The number of carbonyl (C=O) groups excluding carboxylic acids is 1. The molecule has 0 spiro atoms. The highest BCUT2D eigenvalue weighted by molar-refractivity contribution is 6.00. The van der Waals surface area contributed by atoms with Gasteiger partial charge in [0.2, 0.25) is 0 Å². The number of H-pyrrole nitrogens is 2. The van der Waals surface area contributed by atoms with E-state index in [1.54, 1.807) is 0 Å². The molecule has 108 valence electrons. The molecule has 3 rings (SSSR count). The maximum Gasteiger partial charge on any atom is 0.268 e. The molecule has 0 atom stereocenters. The molecular weight excluding hydrogens is 268 g/mol. The second-order valence-electron chi connectivity index (χ2n) is 4.86. The van der Waals surface area contributed by atoms with Crippen molar-refractivity contribution in [3.05, 3.63) is 41.3 Å². The predicted molar refractivity (Wildman–Crippen MR) is 77.9 cm³/mol. The van der Waals surface area contributed by atoms with E-state index in [1.165, 1.54) is 0 Å². The van der Waals surface area contributed by atoms with Crippen LogP contribution in [0.3, 0.4) is 0 Å². The first kappa shape index (κ1) is 13.3. The van der Waals surface area contributed by atoms with Gasteiger partial charge >= 0.3 is 0 Å². The lowest BCUT2D eigenvalue weighted by atomic mass is 10.1. The number of nitrogens with zero attached hydrogens (tertiary/aromatic N) is 3. The third-order valence-electron chi connectivity index (χ3n) is 3.44. The van der Waals surface area contributed by atoms with E-state index in [2.05, 4.69) is 30.9 Å². The number of aromatic amines is 2. The van der Waals surface area contributed by atoms with Gasteiger partial charge in [-0.2, -0.15) is 5.21 Å². The lowest BCUT2D eigenvalue weighted by Gasteiger charge is -2.03. The summed E-state index contributed by atoms with van der Waals surface area (Å²) < 4.78 is 0. The van der Waals surface area contributed by atoms with E-state index >= 15 is 0 Å². The minimum atomic E-state index is -0.0863. The Morgan fingerprint density at radius 2 is 2.19 bits per heavy atom. The smallest absolute Gasteiger partial charge is 0.268 e. The van der Waals surface area contributed by atoms with Crippen molar-refractivity contribution in [2.24, 2.45) is 0 Å². The SMILES string of the molecule is Cc1c(C(=O)NCCCc2nn[nH]n2)[nH]c2ccccc12. The number of fused-ring (bicyclic) bond motifs is 1. The first-order valence-corrected chi connectivity index (χ1v) is 6.83. The predicted octanol–water partition coefficient (Wildman–Crippen LogP) is 1.35. The van der Waals surface area contributed by atoms with Crippen molar-refractivity contribution in [3.63, 3.8) is 0 Å². The van der Waals surface area contributed by atoms with E-state index in [4.69, 9.17) is 0 Å². The van der Waals surface area contributed by atoms with Crippen molar-refractivity contribution in [3.8, 4) is 0 Å². The van der Waals surface area contributed by atoms with Gasteiger partial charge in [-0.05, 0) is 25.0 Å². The van der Waals surface area contributed by atoms with Gasteiger partial charge in [0.05, 0.1) is 0 Å². The normalized spacial score (nSPS) is 10.9. The van der Waals surface area contributed by atoms with Crippen LogP contribution in [0, 0.1) is 6.92 Å². The number of hydrogen-bond acceptors (Lipinski definition) is 4. The van der Waals surface area contributed by atoms with Crippen molar-refractivity contribution in [2.45, 2.75) is 19.8 Å². The summed E-state index contributed by atoms with van der Waals surface area (Å²) in [6.45, 7) is 2.52. The number of carbonyl (C=O) groups is 1. The van der Waals surface area contributed by atoms with Crippen molar-refractivity contribution in [1.82, 2.24) is 30.9 Å². The van der Waals surface area contributed by atoms with Crippen LogP contribution < -0.4 is 5.32 Å². The number of aromatic nitrogens is 5. The number of nitrogens with one attached hydrogen (secondary N) is 3. The molecule has 1 aromatic carbocycles. The Bertz CT molecular complexity index is 746. The van der Waals surface area contributed by atoms with E-state index in [1.807, 2.05) is 31.2 Å². The Balaban J connectivity index is 1.60. The zero-order chi connectivity index (χ0) is 14.7. The van der Waals surface area contributed by atoms with Gasteiger partial charge in [-0.25, -0.2) is 0 Å². The molecule has 21 heavy (non-hydrogen) atoms. The van der Waals surface area contributed by atoms with Crippen LogP contribution in [0.1, 0.15) is 28.3 Å². The molecule has 0 saturated carbocycles. The summed E-state index contributed by atoms with van der Waals surface area (Å²) >= 11 is 0. The van der Waals surface area contributed by atoms with Crippen LogP contribution in [-0.4, -0.2) is 38.1 Å². The van der Waals surface area contributed by atoms with Crippen LogP contribution >= 0.6 is 0 Å². The maximum atomic E-state index is 12.2. The minimum Gasteiger partial charge on any atom is -0.351 e. The molecule has 0 aliphatic carbocycles. The summed E-state index contributed by atoms with van der Waals surface area (Å²) in [5.41, 5.74) is 2.57. The van der Waals surface area contributed by atoms with Crippen LogP contribution in [0.25, 0.3) is 10.9 Å². The fourth-order valence-corrected chi connectivity index (χ4v) is 2.33. The molecule has 0 aliphatic rings. The van der Waals surface area contributed by atoms with E-state index in [-0.39, 0.29) is 5.91 Å². The number of rotatable bonds is 5. The van der Waals surface area contributed by atoms with E-state index in [0.29, 0.717) is 24.5 Å². The van der Waals surface area contributed by atoms with Crippen LogP contribution in [0.2, 0.25) is 0 Å². The Hall–Kier alpha value is -2.70. The van der Waals surface area contributed by atoms with Gasteiger partial charge in [0.15, 0.2) is 5.82 Å². The highest BCUT2D eigenvalue weighted by Gasteiger charge is 2.13. The third kappa shape index (κ3) is 2.76. The van der Waals surface area contributed by atoms with Gasteiger partial charge in [-0.3, -0.25) is 4.79 Å². The Kier molecular flexibility index (Phi) is 3.63. The van der Waals surface area contributed by atoms with Gasteiger partial charge in [-0.15, -0.1) is 10.2 Å². The second-order valence-corrected chi connectivity index (χ2v) is 4.86. The molecule has 0 fully saturated rings. The largest absolute Gasteiger partial charge is 0.351 e. The molecule has 2 heterocycles. The van der Waals surface area contributed by atoms with E-state index < -0.39 is 0 Å². The number of para-hydroxylation sites is 1. The van der Waals surface area contributed by atoms with E-state index in [9.17, 15) is 4.79 Å². The van der Waals surface area contributed by atoms with Gasteiger partial charge in [0, 0.05) is 23.9 Å². The summed E-state index contributed by atoms with van der Waals surface area (Å²) in [5.74, 6) is 0.572. The number of aryl methyl sites for hydroxylation is 2. The maximum absolute atomic E-state index is 12.2. The van der Waals surface area contributed by atoms with Gasteiger partial charge in [0.1, 0.15) is 5.69 Å². The average Bonchev–Trinajstić information content (AvgIpc) is 3.12. The number of amides is 1. The number of tetrazole rings is 1. The molecule has 2 aromatic heterocycles. The Morgan fingerprint density at radius 3 is 2.95 bits per heavy atom. The number of benzene rings is 1. The molecule has 0 unspecified atom stereocenters. The van der Waals surface area contributed by atoms with Crippen molar-refractivity contribution < 1.29 is 4.79 Å². The van der Waals surface area contributed by atoms with Gasteiger partial charge in [-0.1, -0.05) is 23.4 Å². The molecule has 7 nitrogen and oxygen atoms in total. The fraction of sp³-hybridized carbons (Fsp3) is 0.286. The quantitative estimate of drug-likeness (QED) is 0.616. The first-order valence-electron chi connectivity index (χ1n) is 6.83. The van der Waals surface area contributed by atoms with Crippen LogP contribution in [-0.2, 0) is 6.42 Å². The topological polar surface area (TPSA) is 99.3 Å². The second kappa shape index (κ2) is 5.74. The number of hydrogen-bond donors (Lipinski definition) is 3. The molecule has 0 saturated heterocycles. The lowest BCUT2D eigenvalue weighted by molar-refractivity contribution is 0.0948. The highest BCUT2D eigenvalue weighted by Crippen LogP contribution is 2.20. The zero-order valence-corrected chi connectivity index (χ0v) is 11.7. The summed E-state index contributed by atoms with van der Waals surface area (Å²) in [6.07, 6.45) is 1.45. The molecule has 3 N–H and O–H groups in total. The lowest BCUT2D eigenvalue weighted by Crippen LogP contribution is -2.25. The van der Waals surface area contributed by atoms with Crippen molar-refractivity contribution in [1.29, 1.82) is 0 Å². The van der Waals surface area contributed by atoms with Gasteiger partial charge < -0.3 is 10.3 Å². The Morgan fingerprint density at radius 1 is 1.33 bits per heavy atom. The highest BCUT2D eigenvalue weighted by atomic mass is 16.1. The summed E-state index contributed by atoms with van der Waals surface area (Å²) in [6, 6.07) is 7.89. The molecule has 0 aliphatic heterocycles. The summed E-state index contributed by atoms with van der Waals surface area (Å²) in [4.78, 5) is 15.4. The molecular formula is C14H16N6O. The molecule has 7 heteroatoms. The molecule has 3 aromatic rings. The van der Waals surface area contributed by atoms with Crippen molar-refractivity contribution in [2.75, 3.05) is 6.54 Å².